The van der Waals surface area contributed by atoms with Crippen LogP contribution in [-0.4, -0.2) is 74.8 Å². The molecule has 0 aliphatic carbocycles. The third-order valence-electron chi connectivity index (χ3n) is 5.75. The largest absolute Gasteiger partial charge is 0.379 e. The summed E-state index contributed by atoms with van der Waals surface area (Å²) in [5.74, 6) is 0.723. The van der Waals surface area contributed by atoms with Crippen LogP contribution in [0.2, 0.25) is 0 Å². The van der Waals surface area contributed by atoms with Gasteiger partial charge in [-0.05, 0) is 30.7 Å². The standard InChI is InChI=1S/C23H31N5O2/c29-23(26-10-5-12-27-14-16-30-17-15-27)20-8-4-9-25-22(20)28-13-11-24-21(18-28)19-6-2-1-3-7-19/h1-4,6-9,21,24H,5,10-18H2,(H,26,29). The minimum absolute atomic E-state index is 0.0464. The number of anilines is 1. The predicted octanol–water partition coefficient (Wildman–Crippen LogP) is 1.68. The van der Waals surface area contributed by atoms with E-state index >= 15 is 0 Å². The molecule has 2 aromatic rings. The lowest BCUT2D eigenvalue weighted by Gasteiger charge is -2.35. The minimum atomic E-state index is -0.0464. The third-order valence-corrected chi connectivity index (χ3v) is 5.75. The molecule has 0 spiro atoms. The molecule has 30 heavy (non-hydrogen) atoms. The van der Waals surface area contributed by atoms with Crippen molar-refractivity contribution in [2.24, 2.45) is 0 Å². The van der Waals surface area contributed by atoms with Crippen LogP contribution in [0.1, 0.15) is 28.4 Å². The van der Waals surface area contributed by atoms with Crippen molar-refractivity contribution in [3.05, 3.63) is 59.8 Å². The Hall–Kier alpha value is -2.48. The van der Waals surface area contributed by atoms with Gasteiger partial charge in [-0.15, -0.1) is 0 Å². The SMILES string of the molecule is O=C(NCCCN1CCOCC1)c1cccnc1N1CCNC(c2ccccc2)C1. The highest BCUT2D eigenvalue weighted by Gasteiger charge is 2.25. The van der Waals surface area contributed by atoms with Gasteiger partial charge in [0.15, 0.2) is 0 Å². The molecule has 1 aromatic carbocycles. The van der Waals surface area contributed by atoms with Crippen molar-refractivity contribution in [3.8, 4) is 0 Å². The van der Waals surface area contributed by atoms with Gasteiger partial charge in [0.1, 0.15) is 5.82 Å². The van der Waals surface area contributed by atoms with Crippen LogP contribution in [0.15, 0.2) is 48.7 Å². The Morgan fingerprint density at radius 2 is 1.97 bits per heavy atom. The molecule has 2 N–H and O–H groups in total. The first-order chi connectivity index (χ1) is 14.8. The maximum Gasteiger partial charge on any atom is 0.255 e. The van der Waals surface area contributed by atoms with Crippen molar-refractivity contribution >= 4 is 11.7 Å². The van der Waals surface area contributed by atoms with Crippen molar-refractivity contribution in [2.75, 3.05) is 63.9 Å². The smallest absolute Gasteiger partial charge is 0.255 e. The second kappa shape index (κ2) is 10.5. The van der Waals surface area contributed by atoms with Gasteiger partial charge < -0.3 is 20.3 Å². The topological polar surface area (TPSA) is 69.7 Å². The molecule has 1 atom stereocenters. The summed E-state index contributed by atoms with van der Waals surface area (Å²) in [5.41, 5.74) is 1.91. The number of ether oxygens (including phenoxy) is 1. The monoisotopic (exact) mass is 409 g/mol. The zero-order valence-electron chi connectivity index (χ0n) is 17.4. The summed E-state index contributed by atoms with van der Waals surface area (Å²) >= 11 is 0. The number of aromatic nitrogens is 1. The summed E-state index contributed by atoms with van der Waals surface area (Å²) in [5, 5.41) is 6.66. The van der Waals surface area contributed by atoms with Crippen molar-refractivity contribution in [3.63, 3.8) is 0 Å². The molecule has 0 radical (unpaired) electrons. The molecule has 160 valence electrons. The Bertz CT molecular complexity index is 810. The second-order valence-corrected chi connectivity index (χ2v) is 7.80. The fourth-order valence-corrected chi connectivity index (χ4v) is 4.10. The number of rotatable bonds is 7. The highest BCUT2D eigenvalue weighted by Crippen LogP contribution is 2.23. The predicted molar refractivity (Wildman–Crippen MR) is 118 cm³/mol. The number of nitrogens with one attached hydrogen (secondary N) is 2. The van der Waals surface area contributed by atoms with E-state index < -0.39 is 0 Å². The molecule has 3 heterocycles. The Labute approximate surface area is 178 Å². The van der Waals surface area contributed by atoms with Gasteiger partial charge in [0.25, 0.3) is 5.91 Å². The Morgan fingerprint density at radius 1 is 1.13 bits per heavy atom. The van der Waals surface area contributed by atoms with Crippen LogP contribution in [-0.2, 0) is 4.74 Å². The van der Waals surface area contributed by atoms with Gasteiger partial charge in [-0.3, -0.25) is 9.69 Å². The molecule has 2 fully saturated rings. The number of morpholine rings is 1. The summed E-state index contributed by atoms with van der Waals surface area (Å²) in [7, 11) is 0. The summed E-state index contributed by atoms with van der Waals surface area (Å²) in [6.45, 7) is 7.70. The maximum atomic E-state index is 12.9. The van der Waals surface area contributed by atoms with Crippen LogP contribution in [0.4, 0.5) is 5.82 Å². The molecule has 0 saturated carbocycles. The van der Waals surface area contributed by atoms with E-state index in [4.69, 9.17) is 4.74 Å². The normalized spacial score (nSPS) is 20.1. The van der Waals surface area contributed by atoms with E-state index in [-0.39, 0.29) is 11.9 Å². The number of amides is 1. The van der Waals surface area contributed by atoms with Crippen molar-refractivity contribution < 1.29 is 9.53 Å². The first kappa shape index (κ1) is 20.8. The lowest BCUT2D eigenvalue weighted by atomic mass is 10.0. The molecule has 0 bridgehead atoms. The third kappa shape index (κ3) is 5.36. The highest BCUT2D eigenvalue weighted by atomic mass is 16.5. The molecule has 2 aliphatic heterocycles. The number of hydrogen-bond acceptors (Lipinski definition) is 6. The zero-order chi connectivity index (χ0) is 20.6. The van der Waals surface area contributed by atoms with E-state index in [0.29, 0.717) is 12.1 Å². The Balaban J connectivity index is 1.35. The molecular formula is C23H31N5O2. The van der Waals surface area contributed by atoms with Gasteiger partial charge >= 0.3 is 0 Å². The summed E-state index contributed by atoms with van der Waals surface area (Å²) in [4.78, 5) is 22.1. The zero-order valence-corrected chi connectivity index (χ0v) is 17.4. The average molecular weight is 410 g/mol. The molecule has 1 unspecified atom stereocenters. The molecule has 7 nitrogen and oxygen atoms in total. The van der Waals surface area contributed by atoms with Crippen molar-refractivity contribution in [2.45, 2.75) is 12.5 Å². The number of pyridine rings is 1. The van der Waals surface area contributed by atoms with Crippen molar-refractivity contribution in [1.29, 1.82) is 0 Å². The molecule has 1 aromatic heterocycles. The van der Waals surface area contributed by atoms with Crippen LogP contribution in [0, 0.1) is 0 Å². The van der Waals surface area contributed by atoms with E-state index in [0.717, 1.165) is 64.7 Å². The average Bonchev–Trinajstić information content (AvgIpc) is 2.83. The van der Waals surface area contributed by atoms with Gasteiger partial charge in [0.2, 0.25) is 0 Å². The van der Waals surface area contributed by atoms with E-state index in [9.17, 15) is 4.79 Å². The van der Waals surface area contributed by atoms with Crippen LogP contribution in [0.3, 0.4) is 0 Å². The quantitative estimate of drug-likeness (QED) is 0.679. The number of benzene rings is 1. The first-order valence-corrected chi connectivity index (χ1v) is 10.9. The fraction of sp³-hybridized carbons (Fsp3) is 0.478. The lowest BCUT2D eigenvalue weighted by Crippen LogP contribution is -2.47. The van der Waals surface area contributed by atoms with E-state index in [1.54, 1.807) is 6.20 Å². The Kier molecular flexibility index (Phi) is 7.29. The molecule has 7 heteroatoms. The number of nitrogens with zero attached hydrogens (tertiary/aromatic N) is 3. The second-order valence-electron chi connectivity index (χ2n) is 7.80. The van der Waals surface area contributed by atoms with Crippen LogP contribution >= 0.6 is 0 Å². The number of hydrogen-bond donors (Lipinski definition) is 2. The first-order valence-electron chi connectivity index (χ1n) is 10.9. The van der Waals surface area contributed by atoms with Gasteiger partial charge in [-0.2, -0.15) is 0 Å². The van der Waals surface area contributed by atoms with E-state index in [1.807, 2.05) is 18.2 Å². The molecule has 2 saturated heterocycles. The van der Waals surface area contributed by atoms with Gasteiger partial charge in [-0.25, -0.2) is 4.98 Å². The summed E-state index contributed by atoms with van der Waals surface area (Å²) in [6.07, 6.45) is 2.70. The van der Waals surface area contributed by atoms with Crippen molar-refractivity contribution in [1.82, 2.24) is 20.5 Å². The molecular weight excluding hydrogens is 378 g/mol. The van der Waals surface area contributed by atoms with Gasteiger partial charge in [-0.1, -0.05) is 30.3 Å². The molecule has 2 aliphatic rings. The van der Waals surface area contributed by atoms with Gasteiger partial charge in [0, 0.05) is 51.5 Å². The fourth-order valence-electron chi connectivity index (χ4n) is 4.10. The number of piperazine rings is 1. The van der Waals surface area contributed by atoms with E-state index in [2.05, 4.69) is 49.7 Å². The highest BCUT2D eigenvalue weighted by molar-refractivity contribution is 5.98. The Morgan fingerprint density at radius 3 is 2.80 bits per heavy atom. The van der Waals surface area contributed by atoms with Crippen LogP contribution in [0.5, 0.6) is 0 Å². The molecule has 1 amide bonds. The van der Waals surface area contributed by atoms with Gasteiger partial charge in [0.05, 0.1) is 18.8 Å². The minimum Gasteiger partial charge on any atom is -0.379 e. The van der Waals surface area contributed by atoms with Crippen LogP contribution in [0.25, 0.3) is 0 Å². The molecule has 4 rings (SSSR count). The summed E-state index contributed by atoms with van der Waals surface area (Å²) in [6, 6.07) is 14.4. The number of carbonyl (C=O) groups is 1. The number of carbonyl (C=O) groups excluding carboxylic acids is 1. The van der Waals surface area contributed by atoms with E-state index in [1.165, 1.54) is 5.56 Å². The van der Waals surface area contributed by atoms with Crippen LogP contribution < -0.4 is 15.5 Å². The summed E-state index contributed by atoms with van der Waals surface area (Å²) < 4.78 is 5.38. The lowest BCUT2D eigenvalue weighted by molar-refractivity contribution is 0.0374. The maximum absolute atomic E-state index is 12.9.